The third-order valence-corrected chi connectivity index (χ3v) is 8.12. The van der Waals surface area contributed by atoms with Crippen LogP contribution in [0.25, 0.3) is 0 Å². The van der Waals surface area contributed by atoms with Gasteiger partial charge in [-0.2, -0.15) is 0 Å². The van der Waals surface area contributed by atoms with Crippen LogP contribution in [0.3, 0.4) is 0 Å². The number of carbonyl (C=O) groups excluding carboxylic acids is 1. The number of allylic oxidation sites excluding steroid dienone is 1. The van der Waals surface area contributed by atoms with Crippen molar-refractivity contribution in [2.45, 2.75) is 64.3 Å². The first-order valence-electron chi connectivity index (χ1n) is 6.49. The van der Waals surface area contributed by atoms with Crippen molar-refractivity contribution in [3.63, 3.8) is 0 Å². The first-order valence-corrected chi connectivity index (χ1v) is 9.40. The smallest absolute Gasteiger partial charge is 0.308 e. The zero-order valence-electron chi connectivity index (χ0n) is 12.7. The molecule has 1 unspecified atom stereocenters. The maximum Gasteiger partial charge on any atom is 0.308 e. The maximum absolute atomic E-state index is 11.4. The molecule has 0 heterocycles. The molecule has 0 aromatic rings. The molecule has 0 fully saturated rings. The van der Waals surface area contributed by atoms with E-state index in [1.165, 1.54) is 7.11 Å². The van der Waals surface area contributed by atoms with Crippen LogP contribution in [0.4, 0.5) is 0 Å². The van der Waals surface area contributed by atoms with Gasteiger partial charge in [-0.1, -0.05) is 26.8 Å². The van der Waals surface area contributed by atoms with Gasteiger partial charge in [0.05, 0.1) is 19.6 Å². The van der Waals surface area contributed by atoms with Crippen LogP contribution in [-0.2, 0) is 14.0 Å². The Morgan fingerprint density at radius 1 is 1.39 bits per heavy atom. The van der Waals surface area contributed by atoms with E-state index in [2.05, 4.69) is 40.4 Å². The fraction of sp³-hybridized carbons (Fsp3) is 0.786. The summed E-state index contributed by atoms with van der Waals surface area (Å²) in [5.41, 5.74) is 0. The zero-order valence-corrected chi connectivity index (χ0v) is 13.7. The van der Waals surface area contributed by atoms with Gasteiger partial charge < -0.3 is 9.16 Å². The Morgan fingerprint density at radius 2 is 1.94 bits per heavy atom. The van der Waals surface area contributed by atoms with Gasteiger partial charge in [-0.15, -0.1) is 6.58 Å². The Hall–Kier alpha value is -0.613. The molecule has 1 atom stereocenters. The molecular weight excluding hydrogens is 244 g/mol. The second kappa shape index (κ2) is 7.09. The topological polar surface area (TPSA) is 35.5 Å². The third kappa shape index (κ3) is 5.82. The largest absolute Gasteiger partial charge is 0.469 e. The molecule has 0 saturated heterocycles. The summed E-state index contributed by atoms with van der Waals surface area (Å²) in [7, 11) is -0.424. The molecule has 0 bridgehead atoms. The van der Waals surface area contributed by atoms with Gasteiger partial charge in [0.25, 0.3) is 0 Å². The van der Waals surface area contributed by atoms with E-state index in [4.69, 9.17) is 9.16 Å². The van der Waals surface area contributed by atoms with Gasteiger partial charge in [0, 0.05) is 0 Å². The fourth-order valence-electron chi connectivity index (χ4n) is 1.37. The normalized spacial score (nSPS) is 14.1. The molecule has 0 aromatic carbocycles. The highest BCUT2D eigenvalue weighted by Gasteiger charge is 2.39. The number of hydrogen-bond donors (Lipinski definition) is 0. The van der Waals surface area contributed by atoms with Crippen molar-refractivity contribution >= 4 is 14.3 Å². The molecule has 106 valence electrons. The molecule has 3 nitrogen and oxygen atoms in total. The number of esters is 1. The average molecular weight is 272 g/mol. The number of methoxy groups -OCH3 is 1. The minimum atomic E-state index is -1.84. The Kier molecular flexibility index (Phi) is 6.85. The minimum Gasteiger partial charge on any atom is -0.469 e. The molecule has 0 aliphatic heterocycles. The summed E-state index contributed by atoms with van der Waals surface area (Å²) in [6.07, 6.45) is 3.81. The van der Waals surface area contributed by atoms with Crippen LogP contribution in [0.15, 0.2) is 12.7 Å². The van der Waals surface area contributed by atoms with Crippen molar-refractivity contribution < 1.29 is 14.0 Å². The summed E-state index contributed by atoms with van der Waals surface area (Å²) in [5, 5.41) is 0.148. The molecular formula is C14H28O3Si. The zero-order chi connectivity index (χ0) is 14.4. The van der Waals surface area contributed by atoms with Gasteiger partial charge in [-0.05, 0) is 31.0 Å². The van der Waals surface area contributed by atoms with Crippen LogP contribution in [0.2, 0.25) is 18.1 Å². The first-order chi connectivity index (χ1) is 8.14. The Labute approximate surface area is 113 Å². The number of ether oxygens (including phenoxy) is 1. The predicted octanol–water partition coefficient (Wildman–Crippen LogP) is 3.91. The highest BCUT2D eigenvalue weighted by atomic mass is 28.4. The standard InChI is InChI=1S/C14H28O3Si/c1-8-9-10-12(11-13(15)16-5)17-18(6,7)14(2,3)4/h8,12H,1,9-11H2,2-7H3. The van der Waals surface area contributed by atoms with Crippen molar-refractivity contribution in [3.8, 4) is 0 Å². The maximum atomic E-state index is 11.4. The molecule has 0 spiro atoms. The van der Waals surface area contributed by atoms with E-state index in [-0.39, 0.29) is 17.1 Å². The van der Waals surface area contributed by atoms with E-state index in [1.54, 1.807) is 0 Å². The Morgan fingerprint density at radius 3 is 2.33 bits per heavy atom. The molecule has 0 saturated carbocycles. The van der Waals surface area contributed by atoms with Crippen molar-refractivity contribution in [2.24, 2.45) is 0 Å². The summed E-state index contributed by atoms with van der Waals surface area (Å²) in [6.45, 7) is 14.7. The summed E-state index contributed by atoms with van der Waals surface area (Å²) in [6, 6.07) is 0. The average Bonchev–Trinajstić information content (AvgIpc) is 2.23. The summed E-state index contributed by atoms with van der Waals surface area (Å²) in [4.78, 5) is 11.4. The second-order valence-electron chi connectivity index (χ2n) is 6.15. The van der Waals surface area contributed by atoms with E-state index in [9.17, 15) is 4.79 Å². The highest BCUT2D eigenvalue weighted by molar-refractivity contribution is 6.74. The Balaban J connectivity index is 4.66. The molecule has 0 rings (SSSR count). The van der Waals surface area contributed by atoms with Crippen LogP contribution in [0.1, 0.15) is 40.0 Å². The van der Waals surface area contributed by atoms with Crippen molar-refractivity contribution in [1.82, 2.24) is 0 Å². The number of hydrogen-bond acceptors (Lipinski definition) is 3. The molecule has 4 heteroatoms. The van der Waals surface area contributed by atoms with Crippen molar-refractivity contribution in [2.75, 3.05) is 7.11 Å². The van der Waals surface area contributed by atoms with E-state index in [0.717, 1.165) is 12.8 Å². The summed E-state index contributed by atoms with van der Waals surface area (Å²) < 4.78 is 11.0. The monoisotopic (exact) mass is 272 g/mol. The van der Waals surface area contributed by atoms with Gasteiger partial charge in [-0.3, -0.25) is 4.79 Å². The van der Waals surface area contributed by atoms with E-state index >= 15 is 0 Å². The minimum absolute atomic E-state index is 0.0589. The van der Waals surface area contributed by atoms with Gasteiger partial charge in [0.15, 0.2) is 8.32 Å². The van der Waals surface area contributed by atoms with Crippen LogP contribution in [-0.4, -0.2) is 27.5 Å². The van der Waals surface area contributed by atoms with E-state index < -0.39 is 8.32 Å². The molecule has 0 aliphatic rings. The van der Waals surface area contributed by atoms with Gasteiger partial charge >= 0.3 is 5.97 Å². The van der Waals surface area contributed by atoms with Gasteiger partial charge in [0.2, 0.25) is 0 Å². The molecule has 18 heavy (non-hydrogen) atoms. The lowest BCUT2D eigenvalue weighted by Crippen LogP contribution is -2.44. The summed E-state index contributed by atoms with van der Waals surface area (Å²) >= 11 is 0. The van der Waals surface area contributed by atoms with Crippen LogP contribution in [0, 0.1) is 0 Å². The van der Waals surface area contributed by atoms with Gasteiger partial charge in [-0.25, -0.2) is 0 Å². The predicted molar refractivity (Wildman–Crippen MR) is 78.1 cm³/mol. The fourth-order valence-corrected chi connectivity index (χ4v) is 2.76. The lowest BCUT2D eigenvalue weighted by Gasteiger charge is -2.39. The van der Waals surface area contributed by atoms with Gasteiger partial charge in [0.1, 0.15) is 0 Å². The van der Waals surface area contributed by atoms with Crippen LogP contribution < -0.4 is 0 Å². The van der Waals surface area contributed by atoms with Crippen molar-refractivity contribution in [1.29, 1.82) is 0 Å². The highest BCUT2D eigenvalue weighted by Crippen LogP contribution is 2.38. The SMILES string of the molecule is C=CCCC(CC(=O)OC)O[Si](C)(C)C(C)(C)C. The Bertz CT molecular complexity index is 279. The number of rotatable bonds is 7. The lowest BCUT2D eigenvalue weighted by molar-refractivity contribution is -0.142. The first kappa shape index (κ1) is 17.4. The van der Waals surface area contributed by atoms with Crippen LogP contribution in [0.5, 0.6) is 0 Å². The van der Waals surface area contributed by atoms with Crippen LogP contribution >= 0.6 is 0 Å². The van der Waals surface area contributed by atoms with E-state index in [1.807, 2.05) is 6.08 Å². The quantitative estimate of drug-likeness (QED) is 0.400. The molecule has 0 aliphatic carbocycles. The summed E-state index contributed by atoms with van der Waals surface area (Å²) in [5.74, 6) is -0.206. The van der Waals surface area contributed by atoms with E-state index in [0.29, 0.717) is 6.42 Å². The second-order valence-corrected chi connectivity index (χ2v) is 10.9. The molecule has 0 aromatic heterocycles. The molecule has 0 radical (unpaired) electrons. The molecule has 0 amide bonds. The van der Waals surface area contributed by atoms with Crippen molar-refractivity contribution in [3.05, 3.63) is 12.7 Å². The number of carbonyl (C=O) groups is 1. The lowest BCUT2D eigenvalue weighted by atomic mass is 10.1. The third-order valence-electron chi connectivity index (χ3n) is 3.58. The molecule has 0 N–H and O–H groups in total.